The van der Waals surface area contributed by atoms with Crippen molar-refractivity contribution in [2.24, 2.45) is 0 Å². The van der Waals surface area contributed by atoms with Crippen LogP contribution in [0.25, 0.3) is 0 Å². The van der Waals surface area contributed by atoms with Gasteiger partial charge in [0.1, 0.15) is 5.57 Å². The molecule has 0 unspecified atom stereocenters. The van der Waals surface area contributed by atoms with Crippen LogP contribution in [0.5, 0.6) is 0 Å². The summed E-state index contributed by atoms with van der Waals surface area (Å²) in [6.07, 6.45) is 12.0. The molecule has 0 amide bonds. The van der Waals surface area contributed by atoms with Gasteiger partial charge in [-0.05, 0) is 31.4 Å². The van der Waals surface area contributed by atoms with Gasteiger partial charge in [-0.15, -0.1) is 0 Å². The van der Waals surface area contributed by atoms with Gasteiger partial charge < -0.3 is 0 Å². The van der Waals surface area contributed by atoms with E-state index in [4.69, 9.17) is 0 Å². The van der Waals surface area contributed by atoms with E-state index in [1.165, 1.54) is 33.4 Å². The van der Waals surface area contributed by atoms with Crippen LogP contribution in [0.4, 0.5) is 0 Å². The van der Waals surface area contributed by atoms with Crippen molar-refractivity contribution >= 4 is 0 Å². The Balaban J connectivity index is 2.60. The Labute approximate surface area is 104 Å². The number of rotatable bonds is 0. The minimum atomic E-state index is 1.05. The highest BCUT2D eigenvalue weighted by Crippen LogP contribution is 2.28. The lowest BCUT2D eigenvalue weighted by atomic mass is 9.90. The van der Waals surface area contributed by atoms with Gasteiger partial charge in [-0.3, -0.25) is 0 Å². The zero-order valence-corrected chi connectivity index (χ0v) is 11.1. The first kappa shape index (κ1) is 11.8. The van der Waals surface area contributed by atoms with Crippen LogP contribution in [0.1, 0.15) is 34.1 Å². The van der Waals surface area contributed by atoms with Crippen LogP contribution >= 0.6 is 0 Å². The highest BCUT2D eigenvalue weighted by atomic mass is 14.1. The van der Waals surface area contributed by atoms with E-state index >= 15 is 0 Å². The SMILES string of the molecule is CC1=C[CH+]C=C(C)C1=C=C1C(C)=CCC=C1C. The Morgan fingerprint density at radius 3 is 1.82 bits per heavy atom. The lowest BCUT2D eigenvalue weighted by molar-refractivity contribution is 1.18. The molecule has 0 heterocycles. The lowest BCUT2D eigenvalue weighted by Gasteiger charge is -2.11. The molecule has 0 aromatic carbocycles. The third-order valence-corrected chi connectivity index (χ3v) is 3.37. The van der Waals surface area contributed by atoms with Crippen molar-refractivity contribution in [3.8, 4) is 0 Å². The van der Waals surface area contributed by atoms with Crippen LogP contribution in [0.3, 0.4) is 0 Å². The average molecular weight is 223 g/mol. The van der Waals surface area contributed by atoms with E-state index in [0.29, 0.717) is 0 Å². The Hall–Kier alpha value is -1.65. The van der Waals surface area contributed by atoms with Crippen molar-refractivity contribution in [1.82, 2.24) is 0 Å². The summed E-state index contributed by atoms with van der Waals surface area (Å²) in [6, 6.07) is 0. The largest absolute Gasteiger partial charge is 0.132 e. The molecule has 0 radical (unpaired) electrons. The average Bonchev–Trinajstić information content (AvgIpc) is 2.27. The molecule has 0 saturated carbocycles. The number of allylic oxidation sites excluding steroid dienone is 9. The van der Waals surface area contributed by atoms with Crippen molar-refractivity contribution in [1.29, 1.82) is 0 Å². The van der Waals surface area contributed by atoms with Gasteiger partial charge >= 0.3 is 0 Å². The maximum Gasteiger partial charge on any atom is 0.132 e. The van der Waals surface area contributed by atoms with E-state index in [0.717, 1.165) is 6.42 Å². The van der Waals surface area contributed by atoms with Crippen molar-refractivity contribution in [3.05, 3.63) is 69.9 Å². The topological polar surface area (TPSA) is 0 Å². The van der Waals surface area contributed by atoms with Crippen LogP contribution in [0.15, 0.2) is 63.5 Å². The van der Waals surface area contributed by atoms with Crippen LogP contribution in [-0.2, 0) is 0 Å². The molecule has 0 spiro atoms. The van der Waals surface area contributed by atoms with Crippen LogP contribution in [-0.4, -0.2) is 0 Å². The van der Waals surface area contributed by atoms with Crippen molar-refractivity contribution in [2.75, 3.05) is 0 Å². The third kappa shape index (κ3) is 2.38. The van der Waals surface area contributed by atoms with Gasteiger partial charge in [-0.1, -0.05) is 17.9 Å². The molecular weight excluding hydrogens is 204 g/mol. The Kier molecular flexibility index (Phi) is 3.26. The summed E-state index contributed by atoms with van der Waals surface area (Å²) < 4.78 is 0. The molecule has 0 aliphatic heterocycles. The Morgan fingerprint density at radius 2 is 1.29 bits per heavy atom. The fraction of sp³-hybridized carbons (Fsp3) is 0.294. The molecule has 0 fully saturated rings. The van der Waals surface area contributed by atoms with E-state index in [2.05, 4.69) is 64.2 Å². The standard InChI is InChI=1S/C17H19/c1-12-7-5-8-13(2)16(12)11-17-14(3)9-6-10-15(17)4/h5,7-10H,6H2,1-4H3/q+1. The molecule has 17 heavy (non-hydrogen) atoms. The lowest BCUT2D eigenvalue weighted by Crippen LogP contribution is -1.96. The second-order valence-electron chi connectivity index (χ2n) is 4.78. The van der Waals surface area contributed by atoms with E-state index in [1.54, 1.807) is 0 Å². The molecule has 0 aromatic rings. The van der Waals surface area contributed by atoms with Gasteiger partial charge in [0.25, 0.3) is 0 Å². The first-order chi connectivity index (χ1) is 8.09. The van der Waals surface area contributed by atoms with Gasteiger partial charge in [0.15, 0.2) is 0 Å². The third-order valence-electron chi connectivity index (χ3n) is 3.37. The smallest absolute Gasteiger partial charge is 0.0766 e. The van der Waals surface area contributed by atoms with E-state index in [1.807, 2.05) is 0 Å². The highest BCUT2D eigenvalue weighted by Gasteiger charge is 2.16. The second kappa shape index (κ2) is 4.69. The fourth-order valence-corrected chi connectivity index (χ4v) is 2.26. The van der Waals surface area contributed by atoms with Gasteiger partial charge in [0.2, 0.25) is 0 Å². The molecule has 0 bridgehead atoms. The van der Waals surface area contributed by atoms with Gasteiger partial charge in [-0.25, -0.2) is 0 Å². The normalized spacial score (nSPS) is 19.8. The summed E-state index contributed by atoms with van der Waals surface area (Å²) in [5.41, 5.74) is 11.4. The number of hydrogen-bond acceptors (Lipinski definition) is 0. The predicted molar refractivity (Wildman–Crippen MR) is 74.5 cm³/mol. The molecule has 0 N–H and O–H groups in total. The summed E-state index contributed by atoms with van der Waals surface area (Å²) in [4.78, 5) is 0. The molecule has 2 rings (SSSR count). The van der Waals surface area contributed by atoms with Gasteiger partial charge in [-0.2, -0.15) is 0 Å². The van der Waals surface area contributed by atoms with Crippen molar-refractivity contribution < 1.29 is 0 Å². The Morgan fingerprint density at radius 1 is 0.824 bits per heavy atom. The van der Waals surface area contributed by atoms with Crippen molar-refractivity contribution in [3.63, 3.8) is 0 Å². The van der Waals surface area contributed by atoms with Crippen LogP contribution < -0.4 is 0 Å². The monoisotopic (exact) mass is 223 g/mol. The zero-order chi connectivity index (χ0) is 12.4. The van der Waals surface area contributed by atoms with E-state index in [9.17, 15) is 0 Å². The summed E-state index contributed by atoms with van der Waals surface area (Å²) >= 11 is 0. The summed E-state index contributed by atoms with van der Waals surface area (Å²) in [7, 11) is 0. The molecule has 86 valence electrons. The summed E-state index contributed by atoms with van der Waals surface area (Å²) in [5.74, 6) is 0. The molecule has 0 aromatic heterocycles. The molecule has 0 nitrogen and oxygen atoms in total. The molecular formula is C17H19+. The number of hydrogen-bond donors (Lipinski definition) is 0. The van der Waals surface area contributed by atoms with Gasteiger partial charge in [0, 0.05) is 25.8 Å². The van der Waals surface area contributed by atoms with Gasteiger partial charge in [0.05, 0.1) is 23.3 Å². The molecule has 0 heteroatoms. The molecule has 0 atom stereocenters. The molecule has 2 aliphatic rings. The highest BCUT2D eigenvalue weighted by molar-refractivity contribution is 5.55. The summed E-state index contributed by atoms with van der Waals surface area (Å²) in [5, 5.41) is 0. The van der Waals surface area contributed by atoms with Crippen LogP contribution in [0, 0.1) is 6.42 Å². The maximum atomic E-state index is 3.60. The maximum absolute atomic E-state index is 3.60. The second-order valence-corrected chi connectivity index (χ2v) is 4.78. The minimum absolute atomic E-state index is 1.05. The van der Waals surface area contributed by atoms with E-state index < -0.39 is 0 Å². The summed E-state index contributed by atoms with van der Waals surface area (Å²) in [6.45, 7) is 8.65. The Bertz CT molecular complexity index is 438. The van der Waals surface area contributed by atoms with Crippen molar-refractivity contribution in [2.45, 2.75) is 34.1 Å². The zero-order valence-electron chi connectivity index (χ0n) is 11.1. The van der Waals surface area contributed by atoms with E-state index in [-0.39, 0.29) is 0 Å². The fourth-order valence-electron chi connectivity index (χ4n) is 2.26. The predicted octanol–water partition coefficient (Wildman–Crippen LogP) is 4.84. The van der Waals surface area contributed by atoms with Crippen LogP contribution in [0.2, 0.25) is 0 Å². The molecule has 2 aliphatic carbocycles. The quantitative estimate of drug-likeness (QED) is 0.407. The molecule has 0 saturated heterocycles. The minimum Gasteiger partial charge on any atom is -0.0766 e. The first-order valence-electron chi connectivity index (χ1n) is 6.14. The first-order valence-corrected chi connectivity index (χ1v) is 6.14.